The molecule has 0 saturated heterocycles. The van der Waals surface area contributed by atoms with E-state index in [1.54, 1.807) is 0 Å². The lowest BCUT2D eigenvalue weighted by molar-refractivity contribution is -0.115. The highest BCUT2D eigenvalue weighted by Crippen LogP contribution is 2.36. The van der Waals surface area contributed by atoms with Crippen LogP contribution in [0.2, 0.25) is 5.02 Å². The Morgan fingerprint density at radius 3 is 3.00 bits per heavy atom. The van der Waals surface area contributed by atoms with Crippen molar-refractivity contribution in [1.29, 1.82) is 0 Å². The second-order valence-corrected chi connectivity index (χ2v) is 6.05. The number of nitrogens with one attached hydrogen (secondary N) is 2. The van der Waals surface area contributed by atoms with Crippen LogP contribution in [0.1, 0.15) is 38.2 Å². The summed E-state index contributed by atoms with van der Waals surface area (Å²) in [6.45, 7) is 2.26. The van der Waals surface area contributed by atoms with Gasteiger partial charge in [-0.05, 0) is 42.9 Å². The Labute approximate surface area is 118 Å². The highest BCUT2D eigenvalue weighted by atomic mass is 35.5. The Kier molecular flexibility index (Phi) is 3.40. The molecule has 2 aliphatic rings. The van der Waals surface area contributed by atoms with Crippen LogP contribution in [0.15, 0.2) is 12.1 Å². The summed E-state index contributed by atoms with van der Waals surface area (Å²) in [5.41, 5.74) is 2.87. The molecule has 4 heteroatoms. The number of hydrogen-bond donors (Lipinski definition) is 2. The summed E-state index contributed by atoms with van der Waals surface area (Å²) in [5.74, 6) is 0.893. The molecule has 2 N–H and O–H groups in total. The predicted octanol–water partition coefficient (Wildman–Crippen LogP) is 3.83. The van der Waals surface area contributed by atoms with Crippen LogP contribution < -0.4 is 10.6 Å². The number of benzene rings is 1. The van der Waals surface area contributed by atoms with Crippen LogP contribution in [0, 0.1) is 5.92 Å². The largest absolute Gasteiger partial charge is 0.381 e. The van der Waals surface area contributed by atoms with Gasteiger partial charge in [-0.3, -0.25) is 4.79 Å². The molecule has 0 aromatic heterocycles. The average molecular weight is 279 g/mol. The van der Waals surface area contributed by atoms with Gasteiger partial charge in [0.2, 0.25) is 5.91 Å². The van der Waals surface area contributed by atoms with Crippen molar-refractivity contribution < 1.29 is 4.79 Å². The van der Waals surface area contributed by atoms with Gasteiger partial charge < -0.3 is 10.6 Å². The maximum Gasteiger partial charge on any atom is 0.228 e. The van der Waals surface area contributed by atoms with Crippen molar-refractivity contribution in [2.24, 2.45) is 5.92 Å². The van der Waals surface area contributed by atoms with Gasteiger partial charge in [-0.2, -0.15) is 0 Å². The predicted molar refractivity (Wildman–Crippen MR) is 78.8 cm³/mol. The second kappa shape index (κ2) is 5.04. The zero-order chi connectivity index (χ0) is 13.4. The molecule has 1 aromatic rings. The van der Waals surface area contributed by atoms with Crippen molar-refractivity contribution in [2.75, 3.05) is 10.6 Å². The van der Waals surface area contributed by atoms with E-state index < -0.39 is 0 Å². The Balaban J connectivity index is 1.75. The Bertz CT molecular complexity index is 515. The number of fused-ring (bicyclic) bond motifs is 1. The van der Waals surface area contributed by atoms with E-state index in [1.807, 2.05) is 12.1 Å². The molecular formula is C15H19ClN2O. The van der Waals surface area contributed by atoms with Crippen LogP contribution in [0.3, 0.4) is 0 Å². The number of hydrogen-bond acceptors (Lipinski definition) is 2. The zero-order valence-electron chi connectivity index (χ0n) is 11.1. The molecule has 2 atom stereocenters. The SMILES string of the molecule is CCC1CCC(Nc2cc3c(cc2Cl)NC(=O)C3)C1. The summed E-state index contributed by atoms with van der Waals surface area (Å²) in [5, 5.41) is 7.07. The first-order chi connectivity index (χ1) is 9.15. The van der Waals surface area contributed by atoms with Crippen molar-refractivity contribution in [3.05, 3.63) is 22.7 Å². The summed E-state index contributed by atoms with van der Waals surface area (Å²) in [6.07, 6.45) is 5.46. The Morgan fingerprint density at radius 1 is 1.42 bits per heavy atom. The van der Waals surface area contributed by atoms with Crippen LogP contribution in [0.25, 0.3) is 0 Å². The Hall–Kier alpha value is -1.22. The average Bonchev–Trinajstić information content (AvgIpc) is 2.95. The quantitative estimate of drug-likeness (QED) is 0.882. The molecule has 1 aromatic carbocycles. The lowest BCUT2D eigenvalue weighted by Gasteiger charge is -2.16. The topological polar surface area (TPSA) is 41.1 Å². The normalized spacial score (nSPS) is 25.3. The molecule has 1 heterocycles. The van der Waals surface area contributed by atoms with Gasteiger partial charge in [0, 0.05) is 11.7 Å². The van der Waals surface area contributed by atoms with Crippen molar-refractivity contribution >= 4 is 28.9 Å². The number of carbonyl (C=O) groups is 1. The standard InChI is InChI=1S/C15H19ClN2O/c1-2-9-3-4-11(5-9)17-14-6-10-7-15(19)18-13(10)8-12(14)16/h6,8-9,11,17H,2-5,7H2,1H3,(H,18,19). The van der Waals surface area contributed by atoms with Gasteiger partial charge in [0.15, 0.2) is 0 Å². The van der Waals surface area contributed by atoms with Crippen molar-refractivity contribution in [3.63, 3.8) is 0 Å². The van der Waals surface area contributed by atoms with Crippen LogP contribution in [0.4, 0.5) is 11.4 Å². The van der Waals surface area contributed by atoms with E-state index in [0.717, 1.165) is 22.9 Å². The highest BCUT2D eigenvalue weighted by molar-refractivity contribution is 6.33. The van der Waals surface area contributed by atoms with Gasteiger partial charge in [0.25, 0.3) is 0 Å². The van der Waals surface area contributed by atoms with Gasteiger partial charge in [0.05, 0.1) is 17.1 Å². The van der Waals surface area contributed by atoms with Crippen LogP contribution in [-0.4, -0.2) is 11.9 Å². The molecule has 0 spiro atoms. The number of rotatable bonds is 3. The molecule has 102 valence electrons. The number of carbonyl (C=O) groups excluding carboxylic acids is 1. The molecule has 2 unspecified atom stereocenters. The summed E-state index contributed by atoms with van der Waals surface area (Å²) in [7, 11) is 0. The number of halogens is 1. The van der Waals surface area contributed by atoms with E-state index in [1.165, 1.54) is 25.7 Å². The Morgan fingerprint density at radius 2 is 2.26 bits per heavy atom. The van der Waals surface area contributed by atoms with Gasteiger partial charge in [0.1, 0.15) is 0 Å². The first-order valence-electron chi connectivity index (χ1n) is 7.04. The van der Waals surface area contributed by atoms with Gasteiger partial charge >= 0.3 is 0 Å². The maximum absolute atomic E-state index is 11.4. The molecule has 3 rings (SSSR count). The molecule has 0 bridgehead atoms. The lowest BCUT2D eigenvalue weighted by atomic mass is 10.1. The first kappa shape index (κ1) is 12.8. The second-order valence-electron chi connectivity index (χ2n) is 5.64. The first-order valence-corrected chi connectivity index (χ1v) is 7.42. The minimum absolute atomic E-state index is 0.0510. The van der Waals surface area contributed by atoms with Gasteiger partial charge in [-0.1, -0.05) is 24.9 Å². The molecule has 1 saturated carbocycles. The molecule has 0 radical (unpaired) electrons. The minimum atomic E-state index is 0.0510. The molecule has 1 fully saturated rings. The monoisotopic (exact) mass is 278 g/mol. The van der Waals surface area contributed by atoms with Crippen LogP contribution in [-0.2, 0) is 11.2 Å². The smallest absolute Gasteiger partial charge is 0.228 e. The molecule has 3 nitrogen and oxygen atoms in total. The van der Waals surface area contributed by atoms with E-state index in [0.29, 0.717) is 17.5 Å². The zero-order valence-corrected chi connectivity index (χ0v) is 11.9. The summed E-state index contributed by atoms with van der Waals surface area (Å²) in [6, 6.07) is 4.40. The fourth-order valence-electron chi connectivity index (χ4n) is 3.16. The third-order valence-electron chi connectivity index (χ3n) is 4.30. The summed E-state index contributed by atoms with van der Waals surface area (Å²) >= 11 is 6.29. The lowest BCUT2D eigenvalue weighted by Crippen LogP contribution is -2.15. The van der Waals surface area contributed by atoms with E-state index in [9.17, 15) is 4.79 Å². The van der Waals surface area contributed by atoms with E-state index in [4.69, 9.17) is 11.6 Å². The van der Waals surface area contributed by atoms with E-state index >= 15 is 0 Å². The fraction of sp³-hybridized carbons (Fsp3) is 0.533. The fourth-order valence-corrected chi connectivity index (χ4v) is 3.37. The molecule has 1 aliphatic carbocycles. The molecule has 19 heavy (non-hydrogen) atoms. The molecular weight excluding hydrogens is 260 g/mol. The number of anilines is 2. The van der Waals surface area contributed by atoms with Gasteiger partial charge in [-0.25, -0.2) is 0 Å². The number of amides is 1. The summed E-state index contributed by atoms with van der Waals surface area (Å²) in [4.78, 5) is 11.4. The van der Waals surface area contributed by atoms with Crippen molar-refractivity contribution in [3.8, 4) is 0 Å². The maximum atomic E-state index is 11.4. The third-order valence-corrected chi connectivity index (χ3v) is 4.61. The molecule has 1 amide bonds. The van der Waals surface area contributed by atoms with Crippen LogP contribution >= 0.6 is 11.6 Å². The van der Waals surface area contributed by atoms with Crippen molar-refractivity contribution in [1.82, 2.24) is 0 Å². The highest BCUT2D eigenvalue weighted by Gasteiger charge is 2.25. The third kappa shape index (κ3) is 2.57. The van der Waals surface area contributed by atoms with Gasteiger partial charge in [-0.15, -0.1) is 0 Å². The molecule has 1 aliphatic heterocycles. The van der Waals surface area contributed by atoms with Crippen LogP contribution in [0.5, 0.6) is 0 Å². The minimum Gasteiger partial charge on any atom is -0.381 e. The van der Waals surface area contributed by atoms with E-state index in [2.05, 4.69) is 17.6 Å². The van der Waals surface area contributed by atoms with E-state index in [-0.39, 0.29) is 5.91 Å². The van der Waals surface area contributed by atoms with Crippen molar-refractivity contribution in [2.45, 2.75) is 45.1 Å². The summed E-state index contributed by atoms with van der Waals surface area (Å²) < 4.78 is 0.